The molecule has 0 aromatic heterocycles. The standard InChI is InChI=1S/2C11H12O4.Eu/c2*1-14-9-5-8(3-4-11(12)13)6-10(7-9)15-2;/h2*3-7H,1-2H3,(H,12,13);/q;;+2/p-2. The molecule has 8 nitrogen and oxygen atoms in total. The minimum Gasteiger partial charge on any atom is -0.545 e. The van der Waals surface area contributed by atoms with Crippen molar-refractivity contribution in [2.24, 2.45) is 0 Å². The maximum Gasteiger partial charge on any atom is 2.00 e. The topological polar surface area (TPSA) is 117 Å². The van der Waals surface area contributed by atoms with Gasteiger partial charge in [-0.25, -0.2) is 0 Å². The van der Waals surface area contributed by atoms with E-state index in [1.165, 1.54) is 40.6 Å². The predicted octanol–water partition coefficient (Wildman–Crippen LogP) is 0.934. The summed E-state index contributed by atoms with van der Waals surface area (Å²) in [4.78, 5) is 20.4. The summed E-state index contributed by atoms with van der Waals surface area (Å²) in [6.45, 7) is 0. The van der Waals surface area contributed by atoms with E-state index in [-0.39, 0.29) is 49.4 Å². The largest absolute Gasteiger partial charge is 2.00 e. The van der Waals surface area contributed by atoms with Crippen LogP contribution in [0.15, 0.2) is 48.6 Å². The molecule has 0 amide bonds. The van der Waals surface area contributed by atoms with E-state index in [2.05, 4.69) is 0 Å². The smallest absolute Gasteiger partial charge is 0.545 e. The van der Waals surface area contributed by atoms with Crippen LogP contribution in [0.2, 0.25) is 0 Å². The average Bonchev–Trinajstić information content (AvgIpc) is 2.75. The second-order valence-corrected chi connectivity index (χ2v) is 5.60. The van der Waals surface area contributed by atoms with Crippen LogP contribution in [0.25, 0.3) is 12.2 Å². The van der Waals surface area contributed by atoms with Crippen molar-refractivity contribution < 1.29 is 88.1 Å². The van der Waals surface area contributed by atoms with Gasteiger partial charge in [-0.2, -0.15) is 0 Å². The normalized spacial score (nSPS) is 9.94. The van der Waals surface area contributed by atoms with E-state index in [1.807, 2.05) is 0 Å². The average molecular weight is 566 g/mol. The van der Waals surface area contributed by atoms with E-state index in [4.69, 9.17) is 18.9 Å². The van der Waals surface area contributed by atoms with Gasteiger partial charge in [0.05, 0.1) is 40.4 Å². The van der Waals surface area contributed by atoms with Gasteiger partial charge >= 0.3 is 49.4 Å². The molecule has 0 N–H and O–H groups in total. The molecule has 0 bridgehead atoms. The molecule has 1 radical (unpaired) electrons. The van der Waals surface area contributed by atoms with E-state index < -0.39 is 11.9 Å². The van der Waals surface area contributed by atoms with Crippen LogP contribution in [0.5, 0.6) is 23.0 Å². The first-order chi connectivity index (χ1) is 14.3. The van der Waals surface area contributed by atoms with E-state index >= 15 is 0 Å². The summed E-state index contributed by atoms with van der Waals surface area (Å²) in [6.07, 6.45) is 4.74. The van der Waals surface area contributed by atoms with Crippen LogP contribution in [0.3, 0.4) is 0 Å². The van der Waals surface area contributed by atoms with Crippen molar-refractivity contribution in [2.45, 2.75) is 0 Å². The van der Waals surface area contributed by atoms with Crippen LogP contribution < -0.4 is 29.2 Å². The summed E-state index contributed by atoms with van der Waals surface area (Å²) >= 11 is 0. The van der Waals surface area contributed by atoms with Crippen LogP contribution >= 0.6 is 0 Å². The third-order valence-corrected chi connectivity index (χ3v) is 3.57. The Morgan fingerprint density at radius 1 is 0.613 bits per heavy atom. The zero-order valence-electron chi connectivity index (χ0n) is 17.4. The quantitative estimate of drug-likeness (QED) is 0.434. The van der Waals surface area contributed by atoms with Gasteiger partial charge in [-0.3, -0.25) is 0 Å². The molecule has 2 aromatic carbocycles. The van der Waals surface area contributed by atoms with E-state index in [0.29, 0.717) is 34.1 Å². The van der Waals surface area contributed by atoms with Crippen LogP contribution in [0.4, 0.5) is 0 Å². The van der Waals surface area contributed by atoms with Gasteiger partial charge in [-0.15, -0.1) is 0 Å². The minimum absolute atomic E-state index is 0. The van der Waals surface area contributed by atoms with Crippen molar-refractivity contribution in [3.8, 4) is 23.0 Å². The van der Waals surface area contributed by atoms with Crippen molar-refractivity contribution in [1.29, 1.82) is 0 Å². The maximum atomic E-state index is 10.2. The van der Waals surface area contributed by atoms with Gasteiger partial charge in [0, 0.05) is 12.1 Å². The molecule has 2 rings (SSSR count). The van der Waals surface area contributed by atoms with Gasteiger partial charge < -0.3 is 38.7 Å². The maximum absolute atomic E-state index is 10.2. The minimum atomic E-state index is -1.24. The first-order valence-corrected chi connectivity index (χ1v) is 8.55. The molecule has 0 aliphatic heterocycles. The summed E-state index contributed by atoms with van der Waals surface area (Å²) in [7, 11) is 6.12. The predicted molar refractivity (Wildman–Crippen MR) is 107 cm³/mol. The molecule has 0 heterocycles. The van der Waals surface area contributed by atoms with Crippen molar-refractivity contribution in [1.82, 2.24) is 0 Å². The zero-order valence-corrected chi connectivity index (χ0v) is 19.8. The summed E-state index contributed by atoms with van der Waals surface area (Å²) < 4.78 is 20.1. The molecule has 2 aromatic rings. The molecule has 0 saturated heterocycles. The molecular weight excluding hydrogens is 544 g/mol. The molecule has 0 spiro atoms. The third kappa shape index (κ3) is 11.6. The molecule has 0 fully saturated rings. The number of hydrogen-bond donors (Lipinski definition) is 0. The second kappa shape index (κ2) is 15.4. The number of rotatable bonds is 8. The summed E-state index contributed by atoms with van der Waals surface area (Å²) in [5, 5.41) is 20.4. The van der Waals surface area contributed by atoms with Gasteiger partial charge in [0.1, 0.15) is 23.0 Å². The summed E-state index contributed by atoms with van der Waals surface area (Å²) in [6, 6.07) is 10.2. The Morgan fingerprint density at radius 2 is 0.871 bits per heavy atom. The zero-order chi connectivity index (χ0) is 22.5. The molecule has 31 heavy (non-hydrogen) atoms. The molecule has 0 atom stereocenters. The number of ether oxygens (including phenoxy) is 4. The van der Waals surface area contributed by atoms with Gasteiger partial charge in [0.15, 0.2) is 0 Å². The number of hydrogen-bond acceptors (Lipinski definition) is 8. The van der Waals surface area contributed by atoms with Crippen molar-refractivity contribution in [3.63, 3.8) is 0 Å². The third-order valence-electron chi connectivity index (χ3n) is 3.57. The Kier molecular flexibility index (Phi) is 14.3. The Hall–Kier alpha value is -2.36. The molecule has 0 aliphatic rings. The SMILES string of the molecule is COc1cc(C=CC(=O)[O-])cc(OC)c1.COc1cc(C=CC(=O)[O-])cc(OC)c1.[Eu+2]. The van der Waals surface area contributed by atoms with Crippen LogP contribution in [-0.2, 0) is 9.59 Å². The van der Waals surface area contributed by atoms with Crippen molar-refractivity contribution in [3.05, 3.63) is 59.7 Å². The fraction of sp³-hybridized carbons (Fsp3) is 0.182. The molecule has 0 aliphatic carbocycles. The number of benzene rings is 2. The molecule has 0 saturated carbocycles. The number of aliphatic carboxylic acids is 2. The Balaban J connectivity index is 0.000000562. The second-order valence-electron chi connectivity index (χ2n) is 5.60. The number of carbonyl (C=O) groups is 2. The van der Waals surface area contributed by atoms with Crippen LogP contribution in [0.1, 0.15) is 11.1 Å². The first-order valence-electron chi connectivity index (χ1n) is 8.55. The van der Waals surface area contributed by atoms with Crippen molar-refractivity contribution >= 4 is 24.1 Å². The number of carboxylic acid groups (broad SMARTS) is 2. The molecule has 0 unspecified atom stereocenters. The Bertz CT molecular complexity index is 802. The fourth-order valence-electron chi connectivity index (χ4n) is 2.18. The van der Waals surface area contributed by atoms with Crippen LogP contribution in [0, 0.1) is 49.4 Å². The van der Waals surface area contributed by atoms with E-state index in [0.717, 1.165) is 12.2 Å². The summed E-state index contributed by atoms with van der Waals surface area (Å²) in [5.74, 6) is -0.0621. The van der Waals surface area contributed by atoms with Gasteiger partial charge in [-0.1, -0.05) is 12.2 Å². The number of carbonyl (C=O) groups excluding carboxylic acids is 2. The summed E-state index contributed by atoms with van der Waals surface area (Å²) in [5.41, 5.74) is 1.35. The molecular formula is C22H22EuO8. The van der Waals surface area contributed by atoms with E-state index in [1.54, 1.807) is 36.4 Å². The van der Waals surface area contributed by atoms with Crippen LogP contribution in [-0.4, -0.2) is 40.4 Å². The Morgan fingerprint density at radius 3 is 1.06 bits per heavy atom. The monoisotopic (exact) mass is 567 g/mol. The molecule has 9 heteroatoms. The first kappa shape index (κ1) is 28.6. The number of methoxy groups -OCH3 is 4. The Labute approximate surface area is 221 Å². The number of carboxylic acids is 2. The van der Waals surface area contributed by atoms with E-state index in [9.17, 15) is 19.8 Å². The van der Waals surface area contributed by atoms with Crippen molar-refractivity contribution in [2.75, 3.05) is 28.4 Å². The van der Waals surface area contributed by atoms with Gasteiger partial charge in [-0.05, 0) is 47.5 Å². The van der Waals surface area contributed by atoms with Gasteiger partial charge in [0.25, 0.3) is 0 Å². The fourth-order valence-corrected chi connectivity index (χ4v) is 2.18. The van der Waals surface area contributed by atoms with Gasteiger partial charge in [0.2, 0.25) is 0 Å². The molecule has 165 valence electrons.